The Bertz CT molecular complexity index is 347. The highest BCUT2D eigenvalue weighted by Gasteiger charge is 2.30. The van der Waals surface area contributed by atoms with Crippen LogP contribution in [-0.2, 0) is 13.6 Å². The lowest BCUT2D eigenvalue weighted by Gasteiger charge is -2.14. The molecule has 0 spiro atoms. The van der Waals surface area contributed by atoms with Crippen LogP contribution in [0.15, 0.2) is 12.4 Å². The van der Waals surface area contributed by atoms with Crippen molar-refractivity contribution in [3.63, 3.8) is 0 Å². The molecule has 5 nitrogen and oxygen atoms in total. The van der Waals surface area contributed by atoms with E-state index in [-0.39, 0.29) is 18.8 Å². The zero-order chi connectivity index (χ0) is 11.3. The van der Waals surface area contributed by atoms with Crippen molar-refractivity contribution in [3.05, 3.63) is 17.4 Å². The van der Waals surface area contributed by atoms with E-state index in [4.69, 9.17) is 20.6 Å². The first-order chi connectivity index (χ1) is 7.12. The van der Waals surface area contributed by atoms with Gasteiger partial charge in [-0.25, -0.2) is 9.97 Å². The van der Waals surface area contributed by atoms with E-state index in [2.05, 4.69) is 9.97 Å². The third kappa shape index (κ3) is 3.24. The number of hydrogen-bond acceptors (Lipinski definition) is 5. The molecular weight excluding hydrogens is 239 g/mol. The molecule has 0 aromatic carbocycles. The van der Waals surface area contributed by atoms with Gasteiger partial charge in [0.05, 0.1) is 18.2 Å². The maximum atomic E-state index is 12.1. The van der Waals surface area contributed by atoms with E-state index in [1.165, 1.54) is 12.4 Å². The van der Waals surface area contributed by atoms with E-state index < -0.39 is 7.60 Å². The van der Waals surface area contributed by atoms with Crippen molar-refractivity contribution in [2.45, 2.75) is 13.8 Å². The van der Waals surface area contributed by atoms with E-state index in [9.17, 15) is 4.57 Å². The highest BCUT2D eigenvalue weighted by atomic mass is 35.5. The first-order valence-corrected chi connectivity index (χ1v) is 6.41. The van der Waals surface area contributed by atoms with E-state index >= 15 is 0 Å². The van der Waals surface area contributed by atoms with Gasteiger partial charge in [0.1, 0.15) is 0 Å². The second kappa shape index (κ2) is 5.56. The first kappa shape index (κ1) is 12.6. The molecule has 0 atom stereocenters. The Morgan fingerprint density at radius 2 is 1.73 bits per heavy atom. The standard InChI is InChI=1S/C8H12ClN2O3P/c1-3-13-15(12,14-4-2)8-10-5-7(9)6-11-8/h5-6H,3-4H2,1-2H3. The molecule has 0 fully saturated rings. The van der Waals surface area contributed by atoms with E-state index in [1.54, 1.807) is 13.8 Å². The van der Waals surface area contributed by atoms with Gasteiger partial charge >= 0.3 is 7.60 Å². The fourth-order valence-corrected chi connectivity index (χ4v) is 2.42. The summed E-state index contributed by atoms with van der Waals surface area (Å²) in [6.45, 7) is 3.98. The van der Waals surface area contributed by atoms with Gasteiger partial charge in [0.25, 0.3) is 0 Å². The summed E-state index contributed by atoms with van der Waals surface area (Å²) in [6.07, 6.45) is 2.71. The monoisotopic (exact) mass is 250 g/mol. The highest BCUT2D eigenvalue weighted by Crippen LogP contribution is 2.45. The van der Waals surface area contributed by atoms with Gasteiger partial charge in [0.2, 0.25) is 5.57 Å². The van der Waals surface area contributed by atoms with Crippen molar-refractivity contribution < 1.29 is 13.6 Å². The summed E-state index contributed by atoms with van der Waals surface area (Å²) in [4.78, 5) is 7.66. The first-order valence-electron chi connectivity index (χ1n) is 4.49. The molecule has 7 heteroatoms. The summed E-state index contributed by atoms with van der Waals surface area (Å²) in [5, 5.41) is 0.373. The van der Waals surface area contributed by atoms with Crippen molar-refractivity contribution in [1.29, 1.82) is 0 Å². The van der Waals surface area contributed by atoms with Crippen LogP contribution in [0.4, 0.5) is 0 Å². The Kier molecular flexibility index (Phi) is 4.67. The van der Waals surface area contributed by atoms with Gasteiger partial charge in [-0.3, -0.25) is 4.57 Å². The molecule has 0 aliphatic carbocycles. The summed E-state index contributed by atoms with van der Waals surface area (Å²) in [5.74, 6) is 0. The van der Waals surface area contributed by atoms with Gasteiger partial charge in [-0.15, -0.1) is 0 Å². The normalized spacial score (nSPS) is 11.7. The Labute approximate surface area is 93.3 Å². The van der Waals surface area contributed by atoms with Gasteiger partial charge in [0, 0.05) is 12.4 Å². The van der Waals surface area contributed by atoms with E-state index in [0.717, 1.165) is 0 Å². The summed E-state index contributed by atoms with van der Waals surface area (Å²) in [7, 11) is -3.37. The smallest absolute Gasteiger partial charge is 0.303 e. The summed E-state index contributed by atoms with van der Waals surface area (Å²) in [5.41, 5.74) is 0.0376. The molecule has 0 bridgehead atoms. The summed E-state index contributed by atoms with van der Waals surface area (Å²) >= 11 is 5.62. The highest BCUT2D eigenvalue weighted by molar-refractivity contribution is 7.61. The quantitative estimate of drug-likeness (QED) is 0.748. The molecule has 15 heavy (non-hydrogen) atoms. The molecule has 0 radical (unpaired) electrons. The lowest BCUT2D eigenvalue weighted by atomic mass is 10.7. The molecule has 1 aromatic heterocycles. The molecule has 0 unspecified atom stereocenters. The van der Waals surface area contributed by atoms with Crippen LogP contribution in [0.25, 0.3) is 0 Å². The average Bonchev–Trinajstić information content (AvgIpc) is 2.19. The summed E-state index contributed by atoms with van der Waals surface area (Å²) < 4.78 is 22.2. The van der Waals surface area contributed by atoms with E-state index in [1.807, 2.05) is 0 Å². The lowest BCUT2D eigenvalue weighted by Crippen LogP contribution is -2.17. The predicted octanol–water partition coefficient (Wildman–Crippen LogP) is 2.02. The maximum Gasteiger partial charge on any atom is 0.398 e. The third-order valence-electron chi connectivity index (χ3n) is 1.45. The third-order valence-corrected chi connectivity index (χ3v) is 3.56. The molecule has 1 rings (SSSR count). The Morgan fingerprint density at radius 3 is 2.13 bits per heavy atom. The van der Waals surface area contributed by atoms with Crippen LogP contribution in [0.1, 0.15) is 13.8 Å². The van der Waals surface area contributed by atoms with Crippen molar-refractivity contribution >= 4 is 24.8 Å². The number of halogens is 1. The molecule has 0 saturated carbocycles. The molecule has 0 saturated heterocycles. The average molecular weight is 251 g/mol. The van der Waals surface area contributed by atoms with Gasteiger partial charge in [-0.2, -0.15) is 0 Å². The minimum absolute atomic E-state index is 0.0376. The number of rotatable bonds is 5. The number of nitrogens with zero attached hydrogens (tertiary/aromatic N) is 2. The maximum absolute atomic E-state index is 12.1. The predicted molar refractivity (Wildman–Crippen MR) is 57.5 cm³/mol. The minimum Gasteiger partial charge on any atom is -0.303 e. The lowest BCUT2D eigenvalue weighted by molar-refractivity contribution is 0.228. The number of aromatic nitrogens is 2. The Hall–Kier alpha value is -0.480. The van der Waals surface area contributed by atoms with Gasteiger partial charge < -0.3 is 9.05 Å². The van der Waals surface area contributed by atoms with Gasteiger partial charge in [-0.05, 0) is 13.8 Å². The van der Waals surface area contributed by atoms with Crippen LogP contribution < -0.4 is 5.57 Å². The van der Waals surface area contributed by atoms with Crippen LogP contribution in [0.3, 0.4) is 0 Å². The van der Waals surface area contributed by atoms with Crippen molar-refractivity contribution in [1.82, 2.24) is 9.97 Å². The number of hydrogen-bond donors (Lipinski definition) is 0. The fourth-order valence-electron chi connectivity index (χ4n) is 0.940. The SMILES string of the molecule is CCOP(=O)(OCC)c1ncc(Cl)cn1. The van der Waals surface area contributed by atoms with Crippen LogP contribution in [0.2, 0.25) is 5.02 Å². The van der Waals surface area contributed by atoms with Crippen LogP contribution in [0.5, 0.6) is 0 Å². The molecule has 0 aliphatic heterocycles. The molecule has 0 N–H and O–H groups in total. The molecule has 0 aliphatic rings. The van der Waals surface area contributed by atoms with Crippen molar-refractivity contribution in [2.24, 2.45) is 0 Å². The van der Waals surface area contributed by atoms with Gasteiger partial charge in [0.15, 0.2) is 0 Å². The second-order valence-corrected chi connectivity index (χ2v) is 4.88. The minimum atomic E-state index is -3.37. The van der Waals surface area contributed by atoms with Crippen molar-refractivity contribution in [3.8, 4) is 0 Å². The van der Waals surface area contributed by atoms with Crippen LogP contribution >= 0.6 is 19.2 Å². The Balaban J connectivity index is 2.98. The zero-order valence-corrected chi connectivity index (χ0v) is 10.2. The fraction of sp³-hybridized carbons (Fsp3) is 0.500. The van der Waals surface area contributed by atoms with E-state index in [0.29, 0.717) is 5.02 Å². The Morgan fingerprint density at radius 1 is 1.27 bits per heavy atom. The van der Waals surface area contributed by atoms with Crippen LogP contribution in [-0.4, -0.2) is 23.2 Å². The summed E-state index contributed by atoms with van der Waals surface area (Å²) in [6, 6.07) is 0. The zero-order valence-electron chi connectivity index (χ0n) is 8.51. The molecule has 0 amide bonds. The molecular formula is C8H12ClN2O3P. The molecule has 1 aromatic rings. The molecule has 84 valence electrons. The topological polar surface area (TPSA) is 61.3 Å². The van der Waals surface area contributed by atoms with Crippen LogP contribution in [0, 0.1) is 0 Å². The van der Waals surface area contributed by atoms with Crippen molar-refractivity contribution in [2.75, 3.05) is 13.2 Å². The second-order valence-electron chi connectivity index (χ2n) is 2.53. The largest absolute Gasteiger partial charge is 0.398 e. The van der Waals surface area contributed by atoms with Gasteiger partial charge in [-0.1, -0.05) is 11.6 Å². The molecule has 1 heterocycles.